The summed E-state index contributed by atoms with van der Waals surface area (Å²) >= 11 is 0. The molecule has 0 N–H and O–H groups in total. The highest BCUT2D eigenvalue weighted by atomic mass is 16.5. The molecule has 0 saturated heterocycles. The first-order valence-electron chi connectivity index (χ1n) is 16.5. The third kappa shape index (κ3) is 5.73. The Bertz CT molecular complexity index is 1100. The van der Waals surface area contributed by atoms with Crippen LogP contribution in [0.5, 0.6) is 0 Å². The summed E-state index contributed by atoms with van der Waals surface area (Å²) in [5.74, 6) is 4.96. The number of esters is 1. The molecule has 4 aliphatic rings. The van der Waals surface area contributed by atoms with Crippen LogP contribution < -0.4 is 0 Å². The van der Waals surface area contributed by atoms with Gasteiger partial charge in [-0.25, -0.2) is 4.79 Å². The van der Waals surface area contributed by atoms with Crippen molar-refractivity contribution in [3.8, 4) is 0 Å². The molecule has 3 nitrogen and oxygen atoms in total. The zero-order valence-electron chi connectivity index (χ0n) is 26.1. The maximum Gasteiger partial charge on any atom is 0.338 e. The van der Waals surface area contributed by atoms with Gasteiger partial charge in [-0.15, -0.1) is 0 Å². The van der Waals surface area contributed by atoms with Crippen LogP contribution in [0.2, 0.25) is 0 Å². The predicted octanol–water partition coefficient (Wildman–Crippen LogP) is 9.38. The van der Waals surface area contributed by atoms with Gasteiger partial charge in [0, 0.05) is 12.8 Å². The molecule has 1 aromatic carbocycles. The normalized spacial score (nSPS) is 35.8. The minimum absolute atomic E-state index is 0.0309. The van der Waals surface area contributed by atoms with Gasteiger partial charge in [-0.3, -0.25) is 4.79 Å². The molecular weight excluding hydrogens is 492 g/mol. The maximum absolute atomic E-state index is 13.0. The van der Waals surface area contributed by atoms with Crippen molar-refractivity contribution in [1.82, 2.24) is 0 Å². The van der Waals surface area contributed by atoms with Gasteiger partial charge < -0.3 is 4.74 Å². The lowest BCUT2D eigenvalue weighted by Crippen LogP contribution is -2.51. The van der Waals surface area contributed by atoms with E-state index in [2.05, 4.69) is 40.7 Å². The Labute approximate surface area is 243 Å². The van der Waals surface area contributed by atoms with E-state index in [0.29, 0.717) is 17.4 Å². The molecular formula is C37H54O3. The van der Waals surface area contributed by atoms with Gasteiger partial charge in [-0.2, -0.15) is 0 Å². The SMILES string of the molecule is CC(=O)Cc1ccc(C(=O)O[C@H]2CC[C@@]3(C)C(=CC[C@H]4[C@@H]5CC[C@H]([C@H](C)CCCC(C)C)[C@@]5(C)CC[C@@H]43)C2)cc1. The van der Waals surface area contributed by atoms with Gasteiger partial charge in [0.25, 0.3) is 0 Å². The molecule has 0 aliphatic heterocycles. The third-order valence-corrected chi connectivity index (χ3v) is 12.2. The second kappa shape index (κ2) is 11.8. The van der Waals surface area contributed by atoms with Crippen molar-refractivity contribution in [2.24, 2.45) is 46.3 Å². The van der Waals surface area contributed by atoms with E-state index in [4.69, 9.17) is 4.74 Å². The standard InChI is InChI=1S/C37H54O3/c1-24(2)8-7-9-25(3)32-16-17-33-31-15-14-29-23-30(18-20-36(29,5)34(31)19-21-37(32,33)6)40-35(39)28-12-10-27(11-13-28)22-26(4)38/h10-14,24-25,30-34H,7-9,15-23H2,1-6H3/t25-,30+,31+,32-,33+,34+,36+,37-/m1/s1. The summed E-state index contributed by atoms with van der Waals surface area (Å²) in [4.78, 5) is 24.3. The monoisotopic (exact) mass is 546 g/mol. The number of hydrogen-bond acceptors (Lipinski definition) is 3. The number of carbonyl (C=O) groups is 2. The number of Topliss-reactive ketones (excluding diaryl/α,β-unsaturated/α-hetero) is 1. The summed E-state index contributed by atoms with van der Waals surface area (Å²) in [6.07, 6.45) is 17.0. The van der Waals surface area contributed by atoms with E-state index in [1.54, 1.807) is 24.6 Å². The Balaban J connectivity index is 1.22. The molecule has 3 fully saturated rings. The van der Waals surface area contributed by atoms with E-state index >= 15 is 0 Å². The average Bonchev–Trinajstić information content (AvgIpc) is 3.26. The quantitative estimate of drug-likeness (QED) is 0.229. The Morgan fingerprint density at radius 1 is 0.950 bits per heavy atom. The van der Waals surface area contributed by atoms with Gasteiger partial charge in [0.15, 0.2) is 0 Å². The molecule has 5 rings (SSSR count). The van der Waals surface area contributed by atoms with E-state index in [1.807, 2.05) is 12.1 Å². The second-order valence-electron chi connectivity index (χ2n) is 15.1. The molecule has 8 atom stereocenters. The first-order chi connectivity index (χ1) is 19.0. The number of ketones is 1. The first kappa shape index (κ1) is 29.6. The summed E-state index contributed by atoms with van der Waals surface area (Å²) in [6.45, 7) is 14.1. The highest BCUT2D eigenvalue weighted by Gasteiger charge is 2.59. The summed E-state index contributed by atoms with van der Waals surface area (Å²) in [6, 6.07) is 7.35. The lowest BCUT2D eigenvalue weighted by Gasteiger charge is -2.58. The van der Waals surface area contributed by atoms with Crippen molar-refractivity contribution in [1.29, 1.82) is 0 Å². The molecule has 0 amide bonds. The Kier molecular flexibility index (Phi) is 8.70. The molecule has 0 aromatic heterocycles. The summed E-state index contributed by atoms with van der Waals surface area (Å²) in [5, 5.41) is 0. The molecule has 1 aromatic rings. The molecule has 0 heterocycles. The van der Waals surface area contributed by atoms with Crippen molar-refractivity contribution >= 4 is 11.8 Å². The van der Waals surface area contributed by atoms with Crippen LogP contribution in [0.25, 0.3) is 0 Å². The summed E-state index contributed by atoms with van der Waals surface area (Å²) in [7, 11) is 0. The predicted molar refractivity (Wildman–Crippen MR) is 163 cm³/mol. The van der Waals surface area contributed by atoms with Crippen molar-refractivity contribution in [3.05, 3.63) is 47.0 Å². The molecule has 0 bridgehead atoms. The van der Waals surface area contributed by atoms with Crippen LogP contribution in [0.1, 0.15) is 128 Å². The van der Waals surface area contributed by atoms with Gasteiger partial charge in [0.2, 0.25) is 0 Å². The zero-order chi connectivity index (χ0) is 28.7. The van der Waals surface area contributed by atoms with Crippen LogP contribution in [-0.2, 0) is 16.0 Å². The fourth-order valence-electron chi connectivity index (χ4n) is 10.0. The number of benzene rings is 1. The molecule has 40 heavy (non-hydrogen) atoms. The Morgan fingerprint density at radius 3 is 2.40 bits per heavy atom. The van der Waals surface area contributed by atoms with E-state index in [-0.39, 0.29) is 23.3 Å². The van der Waals surface area contributed by atoms with Gasteiger partial charge in [-0.05, 0) is 116 Å². The fraction of sp³-hybridized carbons (Fsp3) is 0.730. The lowest BCUT2D eigenvalue weighted by molar-refractivity contribution is -0.116. The van der Waals surface area contributed by atoms with Gasteiger partial charge in [0.05, 0.1) is 5.56 Å². The lowest BCUT2D eigenvalue weighted by atomic mass is 9.47. The zero-order valence-corrected chi connectivity index (χ0v) is 26.1. The minimum atomic E-state index is -0.231. The van der Waals surface area contributed by atoms with Crippen molar-refractivity contribution in [2.75, 3.05) is 0 Å². The van der Waals surface area contributed by atoms with Crippen LogP contribution in [0.4, 0.5) is 0 Å². The molecule has 3 saturated carbocycles. The van der Waals surface area contributed by atoms with Crippen LogP contribution in [0, 0.1) is 46.3 Å². The van der Waals surface area contributed by atoms with Crippen LogP contribution in [0.3, 0.4) is 0 Å². The second-order valence-corrected chi connectivity index (χ2v) is 15.1. The molecule has 4 aliphatic carbocycles. The smallest absolute Gasteiger partial charge is 0.338 e. The highest BCUT2D eigenvalue weighted by molar-refractivity contribution is 5.89. The Hall–Kier alpha value is -1.90. The van der Waals surface area contributed by atoms with E-state index < -0.39 is 0 Å². The number of fused-ring (bicyclic) bond motifs is 5. The van der Waals surface area contributed by atoms with Crippen LogP contribution in [-0.4, -0.2) is 17.9 Å². The maximum atomic E-state index is 13.0. The third-order valence-electron chi connectivity index (χ3n) is 12.2. The number of hydrogen-bond donors (Lipinski definition) is 0. The van der Waals surface area contributed by atoms with Crippen LogP contribution >= 0.6 is 0 Å². The first-order valence-corrected chi connectivity index (χ1v) is 16.5. The van der Waals surface area contributed by atoms with E-state index in [9.17, 15) is 9.59 Å². The number of rotatable bonds is 9. The number of allylic oxidation sites excluding steroid dienone is 1. The molecule has 0 radical (unpaired) electrons. The van der Waals surface area contributed by atoms with Gasteiger partial charge in [-0.1, -0.05) is 77.7 Å². The van der Waals surface area contributed by atoms with E-state index in [0.717, 1.165) is 60.3 Å². The largest absolute Gasteiger partial charge is 0.458 e. The molecule has 3 heteroatoms. The fourth-order valence-corrected chi connectivity index (χ4v) is 10.0. The highest BCUT2D eigenvalue weighted by Crippen LogP contribution is 2.67. The van der Waals surface area contributed by atoms with Gasteiger partial charge >= 0.3 is 5.97 Å². The topological polar surface area (TPSA) is 43.4 Å². The summed E-state index contributed by atoms with van der Waals surface area (Å²) < 4.78 is 6.05. The average molecular weight is 547 g/mol. The Morgan fingerprint density at radius 2 is 1.70 bits per heavy atom. The number of carbonyl (C=O) groups excluding carboxylic acids is 2. The van der Waals surface area contributed by atoms with Crippen molar-refractivity contribution in [3.63, 3.8) is 0 Å². The summed E-state index contributed by atoms with van der Waals surface area (Å²) in [5.41, 5.74) is 3.88. The van der Waals surface area contributed by atoms with Crippen LogP contribution in [0.15, 0.2) is 35.9 Å². The molecule has 0 spiro atoms. The van der Waals surface area contributed by atoms with Crippen molar-refractivity contribution in [2.45, 2.75) is 125 Å². The van der Waals surface area contributed by atoms with Gasteiger partial charge in [0.1, 0.15) is 11.9 Å². The minimum Gasteiger partial charge on any atom is -0.458 e. The number of ether oxygens (including phenoxy) is 1. The molecule has 0 unspecified atom stereocenters. The van der Waals surface area contributed by atoms with Crippen molar-refractivity contribution < 1.29 is 14.3 Å². The molecule has 220 valence electrons. The van der Waals surface area contributed by atoms with E-state index in [1.165, 1.54) is 51.4 Å².